The molecule has 2 aromatic carbocycles. The number of rotatable bonds is 6. The van der Waals surface area contributed by atoms with Crippen LogP contribution in [0, 0.1) is 17.2 Å². The highest BCUT2D eigenvalue weighted by atomic mass is 16.5. The van der Waals surface area contributed by atoms with Crippen molar-refractivity contribution in [1.82, 2.24) is 10.2 Å². The molecule has 164 valence electrons. The third kappa shape index (κ3) is 3.76. The third-order valence-corrected chi connectivity index (χ3v) is 5.57. The second-order valence-electron chi connectivity index (χ2n) is 8.15. The fourth-order valence-corrected chi connectivity index (χ4v) is 4.11. The van der Waals surface area contributed by atoms with E-state index in [9.17, 15) is 5.26 Å². The molecule has 1 aromatic heterocycles. The highest BCUT2D eigenvalue weighted by Crippen LogP contribution is 2.47. The number of nitrogens with one attached hydrogen (secondary N) is 1. The molecule has 1 unspecified atom stereocenters. The van der Waals surface area contributed by atoms with E-state index in [2.05, 4.69) is 54.4 Å². The van der Waals surface area contributed by atoms with Crippen molar-refractivity contribution < 1.29 is 14.2 Å². The zero-order valence-corrected chi connectivity index (χ0v) is 18.6. The fourth-order valence-electron chi connectivity index (χ4n) is 4.11. The number of H-pyrrole nitrogens is 1. The van der Waals surface area contributed by atoms with Crippen molar-refractivity contribution >= 4 is 0 Å². The Bertz CT molecular complexity index is 1200. The van der Waals surface area contributed by atoms with Crippen molar-refractivity contribution in [2.45, 2.75) is 26.2 Å². The van der Waals surface area contributed by atoms with Crippen LogP contribution < -0.4 is 19.9 Å². The number of nitriles is 1. The second kappa shape index (κ2) is 8.67. The van der Waals surface area contributed by atoms with Crippen molar-refractivity contribution in [3.63, 3.8) is 0 Å². The molecule has 32 heavy (non-hydrogen) atoms. The van der Waals surface area contributed by atoms with Gasteiger partial charge in [0.15, 0.2) is 11.5 Å². The number of fused-ring (bicyclic) bond motifs is 1. The second-order valence-corrected chi connectivity index (χ2v) is 8.15. The maximum atomic E-state index is 9.91. The van der Waals surface area contributed by atoms with Gasteiger partial charge >= 0.3 is 0 Å². The lowest BCUT2D eigenvalue weighted by Gasteiger charge is -2.24. The average Bonchev–Trinajstić information content (AvgIpc) is 3.21. The Morgan fingerprint density at radius 2 is 1.84 bits per heavy atom. The molecule has 0 fully saturated rings. The highest BCUT2D eigenvalue weighted by Gasteiger charge is 2.36. The lowest BCUT2D eigenvalue weighted by atomic mass is 9.83. The molecule has 0 saturated heterocycles. The molecule has 7 nitrogen and oxygen atoms in total. The van der Waals surface area contributed by atoms with Crippen LogP contribution in [-0.4, -0.2) is 24.4 Å². The number of methoxy groups -OCH3 is 2. The van der Waals surface area contributed by atoms with Gasteiger partial charge in [0.2, 0.25) is 11.8 Å². The minimum absolute atomic E-state index is 0.0464. The summed E-state index contributed by atoms with van der Waals surface area (Å²) in [6, 6.07) is 16.1. The van der Waals surface area contributed by atoms with E-state index in [4.69, 9.17) is 19.9 Å². The van der Waals surface area contributed by atoms with Gasteiger partial charge in [-0.2, -0.15) is 5.26 Å². The van der Waals surface area contributed by atoms with Gasteiger partial charge in [-0.15, -0.1) is 5.10 Å². The Kier molecular flexibility index (Phi) is 5.78. The van der Waals surface area contributed by atoms with Gasteiger partial charge in [-0.25, -0.2) is 0 Å². The molecule has 0 amide bonds. The monoisotopic (exact) mass is 430 g/mol. The zero-order valence-electron chi connectivity index (χ0n) is 18.6. The van der Waals surface area contributed by atoms with Crippen molar-refractivity contribution in [2.24, 2.45) is 11.7 Å². The summed E-state index contributed by atoms with van der Waals surface area (Å²) in [5.41, 5.74) is 11.0. The highest BCUT2D eigenvalue weighted by molar-refractivity contribution is 5.71. The van der Waals surface area contributed by atoms with Gasteiger partial charge in [-0.3, -0.25) is 5.10 Å². The molecule has 0 spiro atoms. The predicted octanol–water partition coefficient (Wildman–Crippen LogP) is 4.51. The van der Waals surface area contributed by atoms with Gasteiger partial charge in [0.25, 0.3) is 0 Å². The Morgan fingerprint density at radius 3 is 2.47 bits per heavy atom. The van der Waals surface area contributed by atoms with Gasteiger partial charge in [0.1, 0.15) is 11.6 Å². The number of aromatic amines is 1. The van der Waals surface area contributed by atoms with Crippen LogP contribution in [0.1, 0.15) is 36.5 Å². The number of nitrogens with zero attached hydrogens (tertiary/aromatic N) is 2. The fraction of sp³-hybridized carbons (Fsp3) is 0.280. The van der Waals surface area contributed by atoms with Crippen LogP contribution in [0.3, 0.4) is 0 Å². The van der Waals surface area contributed by atoms with Gasteiger partial charge in [-0.05, 0) is 35.6 Å². The van der Waals surface area contributed by atoms with Crippen molar-refractivity contribution in [3.05, 3.63) is 70.6 Å². The van der Waals surface area contributed by atoms with E-state index in [1.54, 1.807) is 14.2 Å². The van der Waals surface area contributed by atoms with E-state index in [-0.39, 0.29) is 5.88 Å². The van der Waals surface area contributed by atoms with E-state index in [0.717, 1.165) is 28.8 Å². The first-order chi connectivity index (χ1) is 15.5. The molecule has 1 atom stereocenters. The molecule has 3 aromatic rings. The molecule has 0 aliphatic carbocycles. The Labute approximate surface area is 187 Å². The zero-order chi connectivity index (χ0) is 22.8. The van der Waals surface area contributed by atoms with Crippen LogP contribution in [0.5, 0.6) is 17.4 Å². The lowest BCUT2D eigenvalue weighted by Crippen LogP contribution is -2.21. The molecular weight excluding hydrogens is 404 g/mol. The van der Waals surface area contributed by atoms with E-state index in [1.807, 2.05) is 18.2 Å². The normalized spacial score (nSPS) is 15.2. The summed E-state index contributed by atoms with van der Waals surface area (Å²) < 4.78 is 16.6. The van der Waals surface area contributed by atoms with Crippen molar-refractivity contribution in [2.75, 3.05) is 14.2 Å². The number of nitrogens with two attached hydrogens (primary N) is 1. The number of aromatic nitrogens is 2. The van der Waals surface area contributed by atoms with Crippen LogP contribution >= 0.6 is 0 Å². The Morgan fingerprint density at radius 1 is 1.12 bits per heavy atom. The predicted molar refractivity (Wildman–Crippen MR) is 121 cm³/mol. The Balaban J connectivity index is 1.84. The summed E-state index contributed by atoms with van der Waals surface area (Å²) in [4.78, 5) is 0. The van der Waals surface area contributed by atoms with E-state index >= 15 is 0 Å². The molecule has 0 bridgehead atoms. The average molecular weight is 431 g/mol. The maximum Gasteiger partial charge on any atom is 0.244 e. The molecular formula is C25H26N4O3. The van der Waals surface area contributed by atoms with Gasteiger partial charge in [0, 0.05) is 5.56 Å². The molecule has 4 rings (SSSR count). The molecule has 7 heteroatoms. The van der Waals surface area contributed by atoms with E-state index in [1.165, 1.54) is 5.56 Å². The molecule has 1 aliphatic heterocycles. The minimum Gasteiger partial charge on any atom is -0.493 e. The molecule has 1 aliphatic rings. The Hall–Kier alpha value is -3.92. The van der Waals surface area contributed by atoms with E-state index < -0.39 is 5.92 Å². The number of allylic oxidation sites excluding steroid dienone is 1. The van der Waals surface area contributed by atoms with Crippen LogP contribution in [-0.2, 0) is 6.42 Å². The molecule has 0 radical (unpaired) electrons. The van der Waals surface area contributed by atoms with Crippen LogP contribution in [0.2, 0.25) is 0 Å². The molecule has 3 N–H and O–H groups in total. The number of hydrogen-bond acceptors (Lipinski definition) is 6. The lowest BCUT2D eigenvalue weighted by molar-refractivity contribution is 0.354. The van der Waals surface area contributed by atoms with Gasteiger partial charge < -0.3 is 19.9 Å². The topological polar surface area (TPSA) is 106 Å². The summed E-state index contributed by atoms with van der Waals surface area (Å²) in [7, 11) is 3.16. The summed E-state index contributed by atoms with van der Waals surface area (Å²) in [5, 5.41) is 17.3. The van der Waals surface area contributed by atoms with Crippen LogP contribution in [0.15, 0.2) is 53.9 Å². The summed E-state index contributed by atoms with van der Waals surface area (Å²) in [6.07, 6.45) is 1.01. The summed E-state index contributed by atoms with van der Waals surface area (Å²) >= 11 is 0. The van der Waals surface area contributed by atoms with Gasteiger partial charge in [0.05, 0.1) is 31.4 Å². The number of benzene rings is 2. The summed E-state index contributed by atoms with van der Waals surface area (Å²) in [5.74, 6) is 1.69. The van der Waals surface area contributed by atoms with Gasteiger partial charge in [-0.1, -0.05) is 44.2 Å². The first-order valence-corrected chi connectivity index (χ1v) is 10.4. The van der Waals surface area contributed by atoms with E-state index in [0.29, 0.717) is 28.9 Å². The maximum absolute atomic E-state index is 9.91. The van der Waals surface area contributed by atoms with Crippen LogP contribution in [0.4, 0.5) is 0 Å². The molecule has 0 saturated carbocycles. The smallest absolute Gasteiger partial charge is 0.244 e. The minimum atomic E-state index is -0.465. The van der Waals surface area contributed by atoms with Crippen molar-refractivity contribution in [3.8, 4) is 34.7 Å². The first-order valence-electron chi connectivity index (χ1n) is 10.4. The molecule has 2 heterocycles. The largest absolute Gasteiger partial charge is 0.493 e. The quantitative estimate of drug-likeness (QED) is 0.596. The standard InChI is InChI=1S/C25H26N4O3/c1-14(2)11-15-5-7-16(8-6-15)23-22-21(17-9-10-19(30-3)20(12-17)31-4)18(13-26)24(27)32-25(22)29-28-23/h5-10,12,14,21H,11,27H2,1-4H3,(H,28,29). The van der Waals surface area contributed by atoms with Crippen LogP contribution in [0.25, 0.3) is 11.3 Å². The number of hydrogen-bond donors (Lipinski definition) is 2. The summed E-state index contributed by atoms with van der Waals surface area (Å²) in [6.45, 7) is 4.40. The van der Waals surface area contributed by atoms with Crippen molar-refractivity contribution in [1.29, 1.82) is 5.26 Å². The first kappa shape index (κ1) is 21.3. The third-order valence-electron chi connectivity index (χ3n) is 5.57. The SMILES string of the molecule is COc1ccc(C2C(C#N)=C(N)Oc3n[nH]c(-c4ccc(CC(C)C)cc4)c32)cc1OC. The number of ether oxygens (including phenoxy) is 3.